The van der Waals surface area contributed by atoms with Crippen LogP contribution in [0, 0.1) is 13.8 Å². The summed E-state index contributed by atoms with van der Waals surface area (Å²) >= 11 is 3.56. The minimum atomic E-state index is 0.404. The van der Waals surface area contributed by atoms with E-state index in [-0.39, 0.29) is 0 Å². The quantitative estimate of drug-likeness (QED) is 0.815. The highest BCUT2D eigenvalue weighted by molar-refractivity contribution is 9.10. The van der Waals surface area contributed by atoms with Crippen molar-refractivity contribution in [1.82, 2.24) is 15.1 Å². The maximum atomic E-state index is 4.54. The number of nitrogens with zero attached hydrogens (tertiary/aromatic N) is 2. The fourth-order valence-corrected chi connectivity index (χ4v) is 2.03. The summed E-state index contributed by atoms with van der Waals surface area (Å²) in [5.41, 5.74) is 2.28. The van der Waals surface area contributed by atoms with Crippen LogP contribution in [0.5, 0.6) is 0 Å². The van der Waals surface area contributed by atoms with Gasteiger partial charge in [0.2, 0.25) is 0 Å². The van der Waals surface area contributed by atoms with Gasteiger partial charge in [-0.15, -0.1) is 0 Å². The van der Waals surface area contributed by atoms with Crippen molar-refractivity contribution in [2.75, 3.05) is 13.1 Å². The lowest BCUT2D eigenvalue weighted by Gasteiger charge is -2.15. The van der Waals surface area contributed by atoms with Crippen molar-refractivity contribution in [2.24, 2.45) is 0 Å². The van der Waals surface area contributed by atoms with Crippen LogP contribution in [0.3, 0.4) is 0 Å². The Morgan fingerprint density at radius 3 is 2.62 bits per heavy atom. The summed E-state index contributed by atoms with van der Waals surface area (Å²) in [4.78, 5) is 0. The molecule has 0 aliphatic rings. The molecule has 0 aliphatic carbocycles. The van der Waals surface area contributed by atoms with Crippen molar-refractivity contribution in [3.05, 3.63) is 15.9 Å². The zero-order valence-electron chi connectivity index (χ0n) is 10.7. The summed E-state index contributed by atoms with van der Waals surface area (Å²) in [6.45, 7) is 10.6. The Bertz CT molecular complexity index is 333. The van der Waals surface area contributed by atoms with E-state index in [0.717, 1.165) is 23.3 Å². The molecule has 3 nitrogen and oxygen atoms in total. The first-order valence-corrected chi connectivity index (χ1v) is 6.79. The van der Waals surface area contributed by atoms with Gasteiger partial charge in [-0.25, -0.2) is 0 Å². The van der Waals surface area contributed by atoms with E-state index in [1.54, 1.807) is 0 Å². The van der Waals surface area contributed by atoms with E-state index < -0.39 is 0 Å². The minimum Gasteiger partial charge on any atom is -0.315 e. The van der Waals surface area contributed by atoms with Gasteiger partial charge in [-0.3, -0.25) is 4.68 Å². The fourth-order valence-electron chi connectivity index (χ4n) is 1.77. The maximum Gasteiger partial charge on any atom is 0.0738 e. The first-order chi connectivity index (χ1) is 7.57. The minimum absolute atomic E-state index is 0.404. The van der Waals surface area contributed by atoms with Crippen LogP contribution in [-0.2, 0) is 0 Å². The van der Waals surface area contributed by atoms with Gasteiger partial charge in [0, 0.05) is 6.54 Å². The summed E-state index contributed by atoms with van der Waals surface area (Å²) in [5.74, 6) is 0. The third kappa shape index (κ3) is 3.32. The molecular formula is C12H22BrN3. The normalized spacial score (nSPS) is 13.1. The third-order valence-electron chi connectivity index (χ3n) is 2.80. The van der Waals surface area contributed by atoms with Gasteiger partial charge in [-0.05, 0) is 49.7 Å². The van der Waals surface area contributed by atoms with Gasteiger partial charge >= 0.3 is 0 Å². The largest absolute Gasteiger partial charge is 0.315 e. The molecular weight excluding hydrogens is 266 g/mol. The lowest BCUT2D eigenvalue weighted by Crippen LogP contribution is -2.25. The van der Waals surface area contributed by atoms with Gasteiger partial charge in [0.25, 0.3) is 0 Å². The molecule has 0 aliphatic heterocycles. The number of rotatable bonds is 6. The molecule has 4 heteroatoms. The van der Waals surface area contributed by atoms with Gasteiger partial charge < -0.3 is 5.32 Å². The Balaban J connectivity index is 2.52. The first kappa shape index (κ1) is 13.7. The first-order valence-electron chi connectivity index (χ1n) is 5.99. The van der Waals surface area contributed by atoms with Crippen LogP contribution in [0.25, 0.3) is 0 Å². The van der Waals surface area contributed by atoms with Gasteiger partial charge in [0.15, 0.2) is 0 Å². The van der Waals surface area contributed by atoms with Gasteiger partial charge in [0.1, 0.15) is 0 Å². The Labute approximate surface area is 107 Å². The number of hydrogen-bond donors (Lipinski definition) is 1. The number of unbranched alkanes of at least 4 members (excludes halogenated alkanes) is 1. The number of aryl methyl sites for hydroxylation is 1. The van der Waals surface area contributed by atoms with Gasteiger partial charge in [-0.2, -0.15) is 5.10 Å². The van der Waals surface area contributed by atoms with Crippen LogP contribution in [-0.4, -0.2) is 22.9 Å². The Morgan fingerprint density at radius 1 is 1.44 bits per heavy atom. The molecule has 1 aromatic heterocycles. The molecule has 0 radical (unpaired) electrons. The van der Waals surface area contributed by atoms with Crippen LogP contribution >= 0.6 is 15.9 Å². The van der Waals surface area contributed by atoms with E-state index in [2.05, 4.69) is 51.8 Å². The number of halogens is 1. The summed E-state index contributed by atoms with van der Waals surface area (Å²) < 4.78 is 3.23. The summed E-state index contributed by atoms with van der Waals surface area (Å²) in [6, 6.07) is 0.404. The molecule has 1 heterocycles. The SMILES string of the molecule is CCCCNCC(C)n1nc(C)c(Br)c1C. The van der Waals surface area contributed by atoms with Gasteiger partial charge in [-0.1, -0.05) is 13.3 Å². The molecule has 1 aromatic rings. The monoisotopic (exact) mass is 287 g/mol. The second-order valence-corrected chi connectivity index (χ2v) is 5.13. The predicted octanol–water partition coefficient (Wildman–Crippen LogP) is 3.21. The molecule has 0 fully saturated rings. The molecule has 0 amide bonds. The second kappa shape index (κ2) is 6.40. The van der Waals surface area contributed by atoms with Crippen molar-refractivity contribution in [3.8, 4) is 0 Å². The highest BCUT2D eigenvalue weighted by Gasteiger charge is 2.13. The molecule has 0 aromatic carbocycles. The molecule has 1 unspecified atom stereocenters. The Hall–Kier alpha value is -0.350. The lowest BCUT2D eigenvalue weighted by molar-refractivity contribution is 0.441. The van der Waals surface area contributed by atoms with Gasteiger partial charge in [0.05, 0.1) is 21.9 Å². The zero-order valence-corrected chi connectivity index (χ0v) is 12.3. The van der Waals surface area contributed by atoms with E-state index in [1.165, 1.54) is 18.5 Å². The second-order valence-electron chi connectivity index (χ2n) is 4.34. The number of aromatic nitrogens is 2. The average Bonchev–Trinajstić information content (AvgIpc) is 2.52. The van der Waals surface area contributed by atoms with Crippen LogP contribution in [0.2, 0.25) is 0 Å². The summed E-state index contributed by atoms with van der Waals surface area (Å²) in [6.07, 6.45) is 2.49. The molecule has 0 saturated heterocycles. The van der Waals surface area contributed by atoms with Crippen molar-refractivity contribution in [2.45, 2.75) is 46.6 Å². The average molecular weight is 288 g/mol. The summed E-state index contributed by atoms with van der Waals surface area (Å²) in [7, 11) is 0. The Kier molecular flexibility index (Phi) is 5.49. The molecule has 92 valence electrons. The third-order valence-corrected chi connectivity index (χ3v) is 3.95. The topological polar surface area (TPSA) is 29.9 Å². The molecule has 1 N–H and O–H groups in total. The molecule has 1 rings (SSSR count). The van der Waals surface area contributed by atoms with Crippen molar-refractivity contribution in [3.63, 3.8) is 0 Å². The van der Waals surface area contributed by atoms with Crippen LogP contribution in [0.4, 0.5) is 0 Å². The van der Waals surface area contributed by atoms with Crippen molar-refractivity contribution in [1.29, 1.82) is 0 Å². The molecule has 0 saturated carbocycles. The molecule has 0 spiro atoms. The summed E-state index contributed by atoms with van der Waals surface area (Å²) in [5, 5.41) is 8.00. The van der Waals surface area contributed by atoms with E-state index >= 15 is 0 Å². The highest BCUT2D eigenvalue weighted by Crippen LogP contribution is 2.22. The fraction of sp³-hybridized carbons (Fsp3) is 0.750. The Morgan fingerprint density at radius 2 is 2.12 bits per heavy atom. The van der Waals surface area contributed by atoms with E-state index in [4.69, 9.17) is 0 Å². The van der Waals surface area contributed by atoms with Crippen LogP contribution in [0.15, 0.2) is 4.47 Å². The van der Waals surface area contributed by atoms with E-state index in [1.807, 2.05) is 6.92 Å². The smallest absolute Gasteiger partial charge is 0.0738 e. The zero-order chi connectivity index (χ0) is 12.1. The number of hydrogen-bond acceptors (Lipinski definition) is 2. The standard InChI is InChI=1S/C12H22BrN3/c1-5-6-7-14-8-9(2)16-11(4)12(13)10(3)15-16/h9,14H,5-8H2,1-4H3. The van der Waals surface area contributed by atoms with Crippen LogP contribution in [0.1, 0.15) is 44.1 Å². The van der Waals surface area contributed by atoms with E-state index in [9.17, 15) is 0 Å². The molecule has 0 bridgehead atoms. The lowest BCUT2D eigenvalue weighted by atomic mass is 10.3. The molecule has 16 heavy (non-hydrogen) atoms. The van der Waals surface area contributed by atoms with Crippen LogP contribution < -0.4 is 5.32 Å². The number of nitrogens with one attached hydrogen (secondary N) is 1. The van der Waals surface area contributed by atoms with E-state index in [0.29, 0.717) is 6.04 Å². The molecule has 1 atom stereocenters. The predicted molar refractivity (Wildman–Crippen MR) is 71.9 cm³/mol. The highest BCUT2D eigenvalue weighted by atomic mass is 79.9. The van der Waals surface area contributed by atoms with Crippen molar-refractivity contribution >= 4 is 15.9 Å². The maximum absolute atomic E-state index is 4.54. The van der Waals surface area contributed by atoms with Crippen molar-refractivity contribution < 1.29 is 0 Å².